The van der Waals surface area contributed by atoms with Crippen LogP contribution in [-0.2, 0) is 6.42 Å². The Kier molecular flexibility index (Phi) is 6.28. The summed E-state index contributed by atoms with van der Waals surface area (Å²) in [6.07, 6.45) is 2.32. The molecule has 0 saturated heterocycles. The van der Waals surface area contributed by atoms with Gasteiger partial charge in [0.1, 0.15) is 11.4 Å². The smallest absolute Gasteiger partial charge is 0.269 e. The maximum atomic E-state index is 12.4. The summed E-state index contributed by atoms with van der Waals surface area (Å²) in [5.41, 5.74) is 3.00. The highest BCUT2D eigenvalue weighted by atomic mass is 35.5. The summed E-state index contributed by atoms with van der Waals surface area (Å²) in [4.78, 5) is 16.5. The molecular formula is C21H20ClN3O2. The summed E-state index contributed by atoms with van der Waals surface area (Å²) in [5, 5.41) is 6.70. The van der Waals surface area contributed by atoms with Gasteiger partial charge in [0.15, 0.2) is 0 Å². The molecule has 3 rings (SSSR count). The fraction of sp³-hybridized carbons (Fsp3) is 0.143. The first-order chi connectivity index (χ1) is 13.2. The third-order valence-electron chi connectivity index (χ3n) is 4.00. The van der Waals surface area contributed by atoms with Crippen LogP contribution in [0.1, 0.15) is 16.1 Å². The van der Waals surface area contributed by atoms with E-state index >= 15 is 0 Å². The summed E-state index contributed by atoms with van der Waals surface area (Å²) >= 11 is 6.16. The Bertz CT molecular complexity index is 913. The average Bonchev–Trinajstić information content (AvgIpc) is 2.70. The van der Waals surface area contributed by atoms with Gasteiger partial charge in [-0.2, -0.15) is 0 Å². The molecule has 0 aliphatic heterocycles. The van der Waals surface area contributed by atoms with Crippen molar-refractivity contribution >= 4 is 28.9 Å². The molecule has 6 heteroatoms. The first-order valence-electron chi connectivity index (χ1n) is 8.54. The molecule has 0 aliphatic rings. The molecule has 2 aromatic carbocycles. The lowest BCUT2D eigenvalue weighted by Crippen LogP contribution is -2.26. The lowest BCUT2D eigenvalue weighted by Gasteiger charge is -2.10. The van der Waals surface area contributed by atoms with Crippen LogP contribution in [0.2, 0.25) is 5.02 Å². The highest BCUT2D eigenvalue weighted by molar-refractivity contribution is 6.33. The number of ether oxygens (including phenoxy) is 1. The van der Waals surface area contributed by atoms with E-state index in [4.69, 9.17) is 16.3 Å². The summed E-state index contributed by atoms with van der Waals surface area (Å²) in [6, 6.07) is 18.7. The van der Waals surface area contributed by atoms with Crippen LogP contribution in [0.3, 0.4) is 0 Å². The van der Waals surface area contributed by atoms with Crippen molar-refractivity contribution < 1.29 is 9.53 Å². The molecule has 2 N–H and O–H groups in total. The summed E-state index contributed by atoms with van der Waals surface area (Å²) in [6.45, 7) is 0.523. The van der Waals surface area contributed by atoms with E-state index in [0.29, 0.717) is 17.3 Å². The van der Waals surface area contributed by atoms with Gasteiger partial charge in [0.25, 0.3) is 5.91 Å². The summed E-state index contributed by atoms with van der Waals surface area (Å²) < 4.78 is 5.14. The Balaban J connectivity index is 1.57. The number of methoxy groups -OCH3 is 1. The topological polar surface area (TPSA) is 63.2 Å². The third-order valence-corrected chi connectivity index (χ3v) is 4.33. The molecule has 0 radical (unpaired) electrons. The SMILES string of the molecule is COc1ccc(CCNC(=O)c2cc(Nc3ccccc3Cl)ccn2)cc1. The van der Waals surface area contributed by atoms with Crippen LogP contribution in [0.25, 0.3) is 0 Å². The lowest BCUT2D eigenvalue weighted by atomic mass is 10.1. The van der Waals surface area contributed by atoms with Crippen LogP contribution in [0.15, 0.2) is 66.9 Å². The number of rotatable bonds is 7. The monoisotopic (exact) mass is 381 g/mol. The Labute approximate surface area is 163 Å². The predicted molar refractivity (Wildman–Crippen MR) is 108 cm³/mol. The molecule has 3 aromatic rings. The van der Waals surface area contributed by atoms with E-state index in [1.54, 1.807) is 31.5 Å². The van der Waals surface area contributed by atoms with E-state index in [1.807, 2.05) is 42.5 Å². The molecule has 27 heavy (non-hydrogen) atoms. The second kappa shape index (κ2) is 9.05. The largest absolute Gasteiger partial charge is 0.497 e. The van der Waals surface area contributed by atoms with Crippen LogP contribution in [0.5, 0.6) is 5.75 Å². The second-order valence-electron chi connectivity index (χ2n) is 5.89. The molecule has 138 valence electrons. The van der Waals surface area contributed by atoms with Gasteiger partial charge in [0.2, 0.25) is 0 Å². The number of nitrogens with one attached hydrogen (secondary N) is 2. The number of carbonyl (C=O) groups excluding carboxylic acids is 1. The van der Waals surface area contributed by atoms with Crippen molar-refractivity contribution in [1.29, 1.82) is 0 Å². The number of anilines is 2. The third kappa shape index (κ3) is 5.21. The molecule has 0 saturated carbocycles. The van der Waals surface area contributed by atoms with Gasteiger partial charge in [-0.15, -0.1) is 0 Å². The van der Waals surface area contributed by atoms with Crippen molar-refractivity contribution in [1.82, 2.24) is 10.3 Å². The van der Waals surface area contributed by atoms with Gasteiger partial charge in [-0.1, -0.05) is 35.9 Å². The van der Waals surface area contributed by atoms with E-state index in [1.165, 1.54) is 0 Å². The molecule has 1 aromatic heterocycles. The van der Waals surface area contributed by atoms with Gasteiger partial charge in [0, 0.05) is 18.4 Å². The van der Waals surface area contributed by atoms with E-state index in [0.717, 1.165) is 29.1 Å². The van der Waals surface area contributed by atoms with Gasteiger partial charge in [-0.3, -0.25) is 9.78 Å². The maximum Gasteiger partial charge on any atom is 0.269 e. The van der Waals surface area contributed by atoms with Crippen LogP contribution >= 0.6 is 11.6 Å². The summed E-state index contributed by atoms with van der Waals surface area (Å²) in [5.74, 6) is 0.598. The van der Waals surface area contributed by atoms with Crippen LogP contribution in [0.4, 0.5) is 11.4 Å². The molecule has 5 nitrogen and oxygen atoms in total. The van der Waals surface area contributed by atoms with Gasteiger partial charge >= 0.3 is 0 Å². The molecule has 0 bridgehead atoms. The number of amides is 1. The number of pyridine rings is 1. The zero-order chi connectivity index (χ0) is 19.1. The number of para-hydroxylation sites is 1. The van der Waals surface area contributed by atoms with Crippen molar-refractivity contribution in [2.75, 3.05) is 19.0 Å². The van der Waals surface area contributed by atoms with Crippen LogP contribution in [-0.4, -0.2) is 24.5 Å². The van der Waals surface area contributed by atoms with E-state index in [9.17, 15) is 4.79 Å². The van der Waals surface area contributed by atoms with Crippen LogP contribution < -0.4 is 15.4 Å². The standard InChI is InChI=1S/C21H20ClN3O2/c1-27-17-8-6-15(7-9-17)10-12-24-21(26)20-14-16(11-13-23-20)25-19-5-3-2-4-18(19)22/h2-9,11,13-14H,10,12H2,1H3,(H,23,25)(H,24,26). The number of aromatic nitrogens is 1. The van der Waals surface area contributed by atoms with Crippen LogP contribution in [0, 0.1) is 0 Å². The molecule has 1 amide bonds. The van der Waals surface area contributed by atoms with Gasteiger partial charge < -0.3 is 15.4 Å². The van der Waals surface area contributed by atoms with Crippen molar-refractivity contribution in [2.45, 2.75) is 6.42 Å². The maximum absolute atomic E-state index is 12.4. The summed E-state index contributed by atoms with van der Waals surface area (Å²) in [7, 11) is 1.64. The zero-order valence-corrected chi connectivity index (χ0v) is 15.7. The molecule has 1 heterocycles. The molecule has 0 fully saturated rings. The predicted octanol–water partition coefficient (Wildman–Crippen LogP) is 4.46. The zero-order valence-electron chi connectivity index (χ0n) is 14.9. The highest BCUT2D eigenvalue weighted by Gasteiger charge is 2.08. The lowest BCUT2D eigenvalue weighted by molar-refractivity contribution is 0.0949. The first kappa shape index (κ1) is 18.7. The van der Waals surface area contributed by atoms with Crippen molar-refractivity contribution in [3.05, 3.63) is 83.1 Å². The molecular weight excluding hydrogens is 362 g/mol. The Morgan fingerprint density at radius 2 is 1.89 bits per heavy atom. The minimum absolute atomic E-state index is 0.216. The quantitative estimate of drug-likeness (QED) is 0.634. The number of hydrogen-bond donors (Lipinski definition) is 2. The molecule has 0 unspecified atom stereocenters. The fourth-order valence-electron chi connectivity index (χ4n) is 2.55. The molecule has 0 aliphatic carbocycles. The fourth-order valence-corrected chi connectivity index (χ4v) is 2.74. The number of halogens is 1. The first-order valence-corrected chi connectivity index (χ1v) is 8.92. The number of nitrogens with zero attached hydrogens (tertiary/aromatic N) is 1. The van der Waals surface area contributed by atoms with Crippen molar-refractivity contribution in [3.8, 4) is 5.75 Å². The van der Waals surface area contributed by atoms with Gasteiger partial charge in [-0.25, -0.2) is 0 Å². The highest BCUT2D eigenvalue weighted by Crippen LogP contribution is 2.24. The van der Waals surface area contributed by atoms with Crippen molar-refractivity contribution in [3.63, 3.8) is 0 Å². The molecule has 0 atom stereocenters. The van der Waals surface area contributed by atoms with Crippen molar-refractivity contribution in [2.24, 2.45) is 0 Å². The Hall–Kier alpha value is -3.05. The number of benzene rings is 2. The second-order valence-corrected chi connectivity index (χ2v) is 6.30. The van der Waals surface area contributed by atoms with Gasteiger partial charge in [0.05, 0.1) is 17.8 Å². The average molecular weight is 382 g/mol. The Morgan fingerprint density at radius 3 is 2.63 bits per heavy atom. The minimum Gasteiger partial charge on any atom is -0.497 e. The number of hydrogen-bond acceptors (Lipinski definition) is 4. The van der Waals surface area contributed by atoms with E-state index in [2.05, 4.69) is 15.6 Å². The van der Waals surface area contributed by atoms with Gasteiger partial charge in [-0.05, 0) is 48.4 Å². The number of carbonyl (C=O) groups is 1. The minimum atomic E-state index is -0.216. The molecule has 0 spiro atoms. The van der Waals surface area contributed by atoms with E-state index in [-0.39, 0.29) is 5.91 Å². The Morgan fingerprint density at radius 1 is 1.11 bits per heavy atom. The van der Waals surface area contributed by atoms with E-state index < -0.39 is 0 Å². The normalized spacial score (nSPS) is 10.3.